The average Bonchev–Trinajstić information content (AvgIpc) is 2.59. The molecule has 5 heteroatoms. The number of ether oxygens (including phenoxy) is 1. The fourth-order valence-electron chi connectivity index (χ4n) is 3.06. The zero-order chi connectivity index (χ0) is 17.3. The Labute approximate surface area is 144 Å². The van der Waals surface area contributed by atoms with Crippen LogP contribution in [-0.2, 0) is 14.8 Å². The van der Waals surface area contributed by atoms with E-state index in [2.05, 4.69) is 0 Å². The summed E-state index contributed by atoms with van der Waals surface area (Å²) in [7, 11) is -3.52. The van der Waals surface area contributed by atoms with Gasteiger partial charge in [-0.25, -0.2) is 8.42 Å². The smallest absolute Gasteiger partial charge is 0.243 e. The molecule has 0 saturated carbocycles. The summed E-state index contributed by atoms with van der Waals surface area (Å²) < 4.78 is 33.6. The Kier molecular flexibility index (Phi) is 4.76. The van der Waals surface area contributed by atoms with E-state index in [1.54, 1.807) is 10.4 Å². The van der Waals surface area contributed by atoms with E-state index in [-0.39, 0.29) is 6.10 Å². The van der Waals surface area contributed by atoms with Gasteiger partial charge in [-0.3, -0.25) is 0 Å². The van der Waals surface area contributed by atoms with E-state index in [0.717, 1.165) is 22.3 Å². The van der Waals surface area contributed by atoms with E-state index >= 15 is 0 Å². The van der Waals surface area contributed by atoms with Crippen LogP contribution in [0, 0.1) is 20.8 Å². The van der Waals surface area contributed by atoms with Crippen LogP contribution in [0.1, 0.15) is 28.4 Å². The van der Waals surface area contributed by atoms with Gasteiger partial charge in [-0.15, -0.1) is 0 Å². The van der Waals surface area contributed by atoms with Crippen molar-refractivity contribution in [2.24, 2.45) is 0 Å². The largest absolute Gasteiger partial charge is 0.371 e. The zero-order valence-electron chi connectivity index (χ0n) is 14.3. The summed E-state index contributed by atoms with van der Waals surface area (Å²) >= 11 is 0. The quantitative estimate of drug-likeness (QED) is 0.857. The molecule has 0 spiro atoms. The monoisotopic (exact) mass is 345 g/mol. The molecule has 0 bridgehead atoms. The summed E-state index contributed by atoms with van der Waals surface area (Å²) in [6.45, 7) is 6.94. The first kappa shape index (κ1) is 17.1. The van der Waals surface area contributed by atoms with Crippen molar-refractivity contribution in [3.63, 3.8) is 0 Å². The van der Waals surface area contributed by atoms with Crippen LogP contribution in [-0.4, -0.2) is 32.4 Å². The van der Waals surface area contributed by atoms with Crippen LogP contribution in [0.3, 0.4) is 0 Å². The first-order valence-corrected chi connectivity index (χ1v) is 9.58. The second-order valence-corrected chi connectivity index (χ2v) is 8.24. The van der Waals surface area contributed by atoms with Gasteiger partial charge in [-0.2, -0.15) is 4.31 Å². The van der Waals surface area contributed by atoms with Crippen LogP contribution in [0.15, 0.2) is 47.4 Å². The third-order valence-corrected chi connectivity index (χ3v) is 6.62. The molecule has 24 heavy (non-hydrogen) atoms. The molecule has 2 aromatic carbocycles. The maximum Gasteiger partial charge on any atom is 0.243 e. The molecule has 0 N–H and O–H groups in total. The average molecular weight is 345 g/mol. The van der Waals surface area contributed by atoms with Gasteiger partial charge in [0.05, 0.1) is 17.6 Å². The van der Waals surface area contributed by atoms with Gasteiger partial charge in [0.1, 0.15) is 0 Å². The highest BCUT2D eigenvalue weighted by molar-refractivity contribution is 7.89. The molecule has 1 saturated heterocycles. The molecular formula is C19H23NO3S. The highest BCUT2D eigenvalue weighted by Crippen LogP contribution is 2.28. The van der Waals surface area contributed by atoms with Crippen LogP contribution >= 0.6 is 0 Å². The van der Waals surface area contributed by atoms with Gasteiger partial charge in [0.15, 0.2) is 0 Å². The number of rotatable bonds is 3. The maximum absolute atomic E-state index is 13.1. The van der Waals surface area contributed by atoms with Crippen LogP contribution in [0.25, 0.3) is 0 Å². The van der Waals surface area contributed by atoms with Crippen molar-refractivity contribution in [2.75, 3.05) is 19.7 Å². The predicted octanol–water partition coefficient (Wildman–Crippen LogP) is 3.37. The number of hydrogen-bond donors (Lipinski definition) is 0. The predicted molar refractivity (Wildman–Crippen MR) is 94.5 cm³/mol. The molecule has 0 aromatic heterocycles. The summed E-state index contributed by atoms with van der Waals surface area (Å²) in [5, 5.41) is 0. The van der Waals surface area contributed by atoms with Crippen LogP contribution in [0.4, 0.5) is 0 Å². The normalized spacial score (nSPS) is 19.4. The highest BCUT2D eigenvalue weighted by Gasteiger charge is 2.32. The second kappa shape index (κ2) is 6.67. The van der Waals surface area contributed by atoms with Gasteiger partial charge in [0.2, 0.25) is 10.0 Å². The van der Waals surface area contributed by atoms with Crippen molar-refractivity contribution in [1.82, 2.24) is 4.31 Å². The molecule has 1 fully saturated rings. The molecule has 0 aliphatic carbocycles. The molecule has 0 unspecified atom stereocenters. The third-order valence-electron chi connectivity index (χ3n) is 4.61. The summed E-state index contributed by atoms with van der Waals surface area (Å²) in [6.07, 6.45) is -0.221. The number of aryl methyl sites for hydroxylation is 3. The van der Waals surface area contributed by atoms with Crippen LogP contribution in [0.2, 0.25) is 0 Å². The van der Waals surface area contributed by atoms with Gasteiger partial charge in [0, 0.05) is 13.1 Å². The van der Waals surface area contributed by atoms with Crippen molar-refractivity contribution in [1.29, 1.82) is 0 Å². The zero-order valence-corrected chi connectivity index (χ0v) is 15.1. The fraction of sp³-hybridized carbons (Fsp3) is 0.368. The molecule has 1 aliphatic heterocycles. The molecule has 128 valence electrons. The number of sulfonamides is 1. The van der Waals surface area contributed by atoms with Crippen LogP contribution in [0.5, 0.6) is 0 Å². The molecule has 0 radical (unpaired) electrons. The second-order valence-electron chi connectivity index (χ2n) is 6.34. The Hall–Kier alpha value is -1.69. The lowest BCUT2D eigenvalue weighted by molar-refractivity contribution is -0.00256. The lowest BCUT2D eigenvalue weighted by Crippen LogP contribution is -2.42. The van der Waals surface area contributed by atoms with Gasteiger partial charge in [-0.1, -0.05) is 36.4 Å². The van der Waals surface area contributed by atoms with E-state index in [4.69, 9.17) is 4.74 Å². The lowest BCUT2D eigenvalue weighted by atomic mass is 10.1. The minimum absolute atomic E-state index is 0.221. The van der Waals surface area contributed by atoms with Crippen molar-refractivity contribution in [3.05, 3.63) is 64.7 Å². The molecule has 0 amide bonds. The molecule has 1 atom stereocenters. The van der Waals surface area contributed by atoms with E-state index in [0.29, 0.717) is 24.6 Å². The van der Waals surface area contributed by atoms with E-state index < -0.39 is 10.0 Å². The topological polar surface area (TPSA) is 46.6 Å². The number of nitrogens with zero attached hydrogens (tertiary/aromatic N) is 1. The summed E-state index contributed by atoms with van der Waals surface area (Å²) in [4.78, 5) is 0.402. The van der Waals surface area contributed by atoms with Crippen molar-refractivity contribution in [3.8, 4) is 0 Å². The Morgan fingerprint density at radius 3 is 2.38 bits per heavy atom. The number of morpholine rings is 1. The van der Waals surface area contributed by atoms with Crippen LogP contribution < -0.4 is 0 Å². The van der Waals surface area contributed by atoms with Crippen molar-refractivity contribution >= 4 is 10.0 Å². The summed E-state index contributed by atoms with van der Waals surface area (Å²) in [5.41, 5.74) is 3.90. The number of hydrogen-bond acceptors (Lipinski definition) is 3. The summed E-state index contributed by atoms with van der Waals surface area (Å²) in [5.74, 6) is 0. The highest BCUT2D eigenvalue weighted by atomic mass is 32.2. The molecule has 1 heterocycles. The SMILES string of the molecule is Cc1cc(C)c(S(=O)(=O)N2CCO[C@@H](c3ccccc3)C2)cc1C. The van der Waals surface area contributed by atoms with Crippen molar-refractivity contribution < 1.29 is 13.2 Å². The maximum atomic E-state index is 13.1. The Morgan fingerprint density at radius 2 is 1.67 bits per heavy atom. The summed E-state index contributed by atoms with van der Waals surface area (Å²) in [6, 6.07) is 13.5. The first-order chi connectivity index (χ1) is 11.4. The standard InChI is InChI=1S/C19H23NO3S/c1-14-11-16(3)19(12-15(14)2)24(21,22)20-9-10-23-18(13-20)17-7-5-4-6-8-17/h4-8,11-12,18H,9-10,13H2,1-3H3/t18-/m1/s1. The van der Waals surface area contributed by atoms with E-state index in [9.17, 15) is 8.42 Å². The molecule has 2 aromatic rings. The van der Waals surface area contributed by atoms with Gasteiger partial charge < -0.3 is 4.74 Å². The van der Waals surface area contributed by atoms with E-state index in [1.165, 1.54) is 0 Å². The third kappa shape index (κ3) is 3.24. The molecule has 3 rings (SSSR count). The Bertz CT molecular complexity index is 831. The lowest BCUT2D eigenvalue weighted by Gasteiger charge is -2.32. The van der Waals surface area contributed by atoms with Crippen molar-refractivity contribution in [2.45, 2.75) is 31.8 Å². The molecule has 1 aliphatic rings. The van der Waals surface area contributed by atoms with E-state index in [1.807, 2.05) is 57.2 Å². The number of benzene rings is 2. The Morgan fingerprint density at radius 1 is 1.00 bits per heavy atom. The van der Waals surface area contributed by atoms with Gasteiger partial charge in [0.25, 0.3) is 0 Å². The minimum Gasteiger partial charge on any atom is -0.371 e. The van der Waals surface area contributed by atoms with Gasteiger partial charge >= 0.3 is 0 Å². The minimum atomic E-state index is -3.52. The Balaban J connectivity index is 1.91. The first-order valence-electron chi connectivity index (χ1n) is 8.14. The van der Waals surface area contributed by atoms with Gasteiger partial charge in [-0.05, 0) is 49.1 Å². The molecular weight excluding hydrogens is 322 g/mol. The molecule has 4 nitrogen and oxygen atoms in total. The fourth-order valence-corrected chi connectivity index (χ4v) is 4.78.